The van der Waals surface area contributed by atoms with Crippen molar-refractivity contribution in [2.75, 3.05) is 19.6 Å². The number of likely N-dealkylation sites (tertiary alicyclic amines) is 1. The van der Waals surface area contributed by atoms with Crippen LogP contribution >= 0.6 is 0 Å². The van der Waals surface area contributed by atoms with E-state index in [0.29, 0.717) is 36.7 Å². The van der Waals surface area contributed by atoms with Crippen LogP contribution in [0, 0.1) is 12.8 Å². The molecule has 1 aromatic rings. The van der Waals surface area contributed by atoms with Gasteiger partial charge in [-0.15, -0.1) is 0 Å². The van der Waals surface area contributed by atoms with Gasteiger partial charge in [-0.2, -0.15) is 0 Å². The Bertz CT molecular complexity index is 686. The van der Waals surface area contributed by atoms with E-state index in [2.05, 4.69) is 0 Å². The lowest BCUT2D eigenvalue weighted by Crippen LogP contribution is -2.49. The average Bonchev–Trinajstić information content (AvgIpc) is 3.10. The van der Waals surface area contributed by atoms with Crippen LogP contribution < -0.4 is 5.73 Å². The lowest BCUT2D eigenvalue weighted by molar-refractivity contribution is -0.133. The largest absolute Gasteiger partial charge is 0.341 e. The molecular formula is C17H21N3O3. The van der Waals surface area contributed by atoms with E-state index >= 15 is 0 Å². The van der Waals surface area contributed by atoms with Crippen LogP contribution in [0.3, 0.4) is 0 Å². The van der Waals surface area contributed by atoms with Crippen LogP contribution in [0.25, 0.3) is 0 Å². The molecule has 2 heterocycles. The Labute approximate surface area is 135 Å². The number of fused-ring (bicyclic) bond motifs is 1. The number of amides is 3. The van der Waals surface area contributed by atoms with Gasteiger partial charge in [-0.25, -0.2) is 0 Å². The Morgan fingerprint density at radius 3 is 2.65 bits per heavy atom. The summed E-state index contributed by atoms with van der Waals surface area (Å²) in [7, 11) is 0. The molecule has 2 aliphatic rings. The molecule has 23 heavy (non-hydrogen) atoms. The van der Waals surface area contributed by atoms with E-state index in [0.717, 1.165) is 16.9 Å². The number of benzene rings is 1. The average molecular weight is 315 g/mol. The molecule has 1 fully saturated rings. The van der Waals surface area contributed by atoms with Gasteiger partial charge < -0.3 is 10.6 Å². The molecule has 122 valence electrons. The molecule has 0 spiro atoms. The zero-order valence-electron chi connectivity index (χ0n) is 13.4. The first kappa shape index (κ1) is 15.7. The number of nitrogens with two attached hydrogens (primary N) is 1. The third-order valence-electron chi connectivity index (χ3n) is 4.75. The van der Waals surface area contributed by atoms with Gasteiger partial charge in [-0.3, -0.25) is 19.3 Å². The van der Waals surface area contributed by atoms with Crippen molar-refractivity contribution < 1.29 is 14.4 Å². The second kappa shape index (κ2) is 5.77. The van der Waals surface area contributed by atoms with Crippen molar-refractivity contribution in [3.8, 4) is 0 Å². The molecule has 2 aliphatic heterocycles. The van der Waals surface area contributed by atoms with Crippen LogP contribution in [-0.4, -0.2) is 53.2 Å². The predicted molar refractivity (Wildman–Crippen MR) is 84.9 cm³/mol. The molecule has 2 N–H and O–H groups in total. The second-order valence-electron chi connectivity index (χ2n) is 6.38. The monoisotopic (exact) mass is 315 g/mol. The number of hydrogen-bond acceptors (Lipinski definition) is 4. The van der Waals surface area contributed by atoms with E-state index in [4.69, 9.17) is 5.73 Å². The highest BCUT2D eigenvalue weighted by Crippen LogP contribution is 2.27. The van der Waals surface area contributed by atoms with Crippen molar-refractivity contribution in [1.29, 1.82) is 0 Å². The van der Waals surface area contributed by atoms with Crippen LogP contribution in [0.2, 0.25) is 0 Å². The molecule has 3 amide bonds. The second-order valence-corrected chi connectivity index (χ2v) is 6.38. The summed E-state index contributed by atoms with van der Waals surface area (Å²) in [6.07, 6.45) is 0.871. The molecule has 0 bridgehead atoms. The molecule has 0 saturated carbocycles. The van der Waals surface area contributed by atoms with Crippen molar-refractivity contribution in [3.63, 3.8) is 0 Å². The zero-order valence-corrected chi connectivity index (χ0v) is 13.4. The van der Waals surface area contributed by atoms with Crippen molar-refractivity contribution in [1.82, 2.24) is 9.80 Å². The van der Waals surface area contributed by atoms with Crippen LogP contribution in [0.1, 0.15) is 39.6 Å². The van der Waals surface area contributed by atoms with Crippen molar-refractivity contribution in [2.45, 2.75) is 26.3 Å². The van der Waals surface area contributed by atoms with Crippen LogP contribution in [0.5, 0.6) is 0 Å². The summed E-state index contributed by atoms with van der Waals surface area (Å²) in [5.41, 5.74) is 7.33. The van der Waals surface area contributed by atoms with Gasteiger partial charge in [0.25, 0.3) is 11.8 Å². The van der Waals surface area contributed by atoms with E-state index in [-0.39, 0.29) is 17.7 Å². The smallest absolute Gasteiger partial charge is 0.262 e. The minimum atomic E-state index is -0.792. The van der Waals surface area contributed by atoms with Gasteiger partial charge in [0.15, 0.2) is 0 Å². The maximum Gasteiger partial charge on any atom is 0.262 e. The summed E-state index contributed by atoms with van der Waals surface area (Å²) < 4.78 is 0. The summed E-state index contributed by atoms with van der Waals surface area (Å²) in [5, 5.41) is 0. The lowest BCUT2D eigenvalue weighted by Gasteiger charge is -2.26. The summed E-state index contributed by atoms with van der Waals surface area (Å²) >= 11 is 0. The Morgan fingerprint density at radius 2 is 2.00 bits per heavy atom. The van der Waals surface area contributed by atoms with Gasteiger partial charge in [-0.05, 0) is 44.9 Å². The van der Waals surface area contributed by atoms with E-state index in [1.807, 2.05) is 6.92 Å². The van der Waals surface area contributed by atoms with E-state index in [9.17, 15) is 14.4 Å². The SMILES string of the molecule is Cc1ccc2c(c1)C(=O)N(C(C)C(=O)N1CCC(CN)C1)C2=O. The third kappa shape index (κ3) is 2.53. The molecule has 1 aromatic carbocycles. The quantitative estimate of drug-likeness (QED) is 0.836. The maximum atomic E-state index is 12.6. The Hall–Kier alpha value is -2.21. The first-order valence-corrected chi connectivity index (χ1v) is 7.91. The van der Waals surface area contributed by atoms with Crippen molar-refractivity contribution in [2.24, 2.45) is 11.7 Å². The highest BCUT2D eigenvalue weighted by atomic mass is 16.2. The Kier molecular flexibility index (Phi) is 3.93. The summed E-state index contributed by atoms with van der Waals surface area (Å²) in [5.74, 6) is -0.660. The van der Waals surface area contributed by atoms with Crippen LogP contribution in [0.15, 0.2) is 18.2 Å². The molecule has 3 rings (SSSR count). The molecule has 6 heteroatoms. The van der Waals surface area contributed by atoms with Gasteiger partial charge in [0.05, 0.1) is 11.1 Å². The van der Waals surface area contributed by atoms with E-state index in [1.54, 1.807) is 30.0 Å². The fourth-order valence-electron chi connectivity index (χ4n) is 3.32. The topological polar surface area (TPSA) is 83.7 Å². The molecule has 0 aliphatic carbocycles. The van der Waals surface area contributed by atoms with Gasteiger partial charge >= 0.3 is 0 Å². The Balaban J connectivity index is 1.81. The van der Waals surface area contributed by atoms with Gasteiger partial charge in [0.1, 0.15) is 6.04 Å². The molecular weight excluding hydrogens is 294 g/mol. The molecule has 0 radical (unpaired) electrons. The number of rotatable bonds is 3. The summed E-state index contributed by atoms with van der Waals surface area (Å²) in [6, 6.07) is 4.36. The molecule has 6 nitrogen and oxygen atoms in total. The fourth-order valence-corrected chi connectivity index (χ4v) is 3.32. The fraction of sp³-hybridized carbons (Fsp3) is 0.471. The normalized spacial score (nSPS) is 21.8. The minimum absolute atomic E-state index is 0.188. The number of hydrogen-bond donors (Lipinski definition) is 1. The first-order valence-electron chi connectivity index (χ1n) is 7.91. The number of aryl methyl sites for hydroxylation is 1. The van der Waals surface area contributed by atoms with Gasteiger partial charge in [-0.1, -0.05) is 11.6 Å². The highest BCUT2D eigenvalue weighted by molar-refractivity contribution is 6.22. The molecule has 1 saturated heterocycles. The predicted octanol–water partition coefficient (Wildman–Crippen LogP) is 0.787. The highest BCUT2D eigenvalue weighted by Gasteiger charge is 2.42. The van der Waals surface area contributed by atoms with Gasteiger partial charge in [0, 0.05) is 13.1 Å². The van der Waals surface area contributed by atoms with E-state index in [1.165, 1.54) is 0 Å². The Morgan fingerprint density at radius 1 is 1.30 bits per heavy atom. The minimum Gasteiger partial charge on any atom is -0.341 e. The van der Waals surface area contributed by atoms with Crippen molar-refractivity contribution >= 4 is 17.7 Å². The number of imide groups is 1. The summed E-state index contributed by atoms with van der Waals surface area (Å²) in [4.78, 5) is 40.5. The van der Waals surface area contributed by atoms with Gasteiger partial charge in [0.2, 0.25) is 5.91 Å². The maximum absolute atomic E-state index is 12.6. The number of nitrogens with zero attached hydrogens (tertiary/aromatic N) is 2. The standard InChI is InChI=1S/C17H21N3O3/c1-10-3-4-13-14(7-10)17(23)20(16(13)22)11(2)15(21)19-6-5-12(8-18)9-19/h3-4,7,11-12H,5-6,8-9,18H2,1-2H3. The number of carbonyl (C=O) groups is 3. The first-order chi connectivity index (χ1) is 10.9. The molecule has 0 aromatic heterocycles. The lowest BCUT2D eigenvalue weighted by atomic mass is 10.1. The van der Waals surface area contributed by atoms with Crippen molar-refractivity contribution in [3.05, 3.63) is 34.9 Å². The zero-order chi connectivity index (χ0) is 16.7. The van der Waals surface area contributed by atoms with Crippen LogP contribution in [-0.2, 0) is 4.79 Å². The molecule has 2 unspecified atom stereocenters. The summed E-state index contributed by atoms with van der Waals surface area (Å²) in [6.45, 7) is 5.26. The van der Waals surface area contributed by atoms with E-state index < -0.39 is 6.04 Å². The van der Waals surface area contributed by atoms with Crippen LogP contribution in [0.4, 0.5) is 0 Å². The third-order valence-corrected chi connectivity index (χ3v) is 4.75. The molecule has 2 atom stereocenters. The number of carbonyl (C=O) groups excluding carboxylic acids is 3.